The van der Waals surface area contributed by atoms with E-state index in [-0.39, 0.29) is 0 Å². The fourth-order valence-corrected chi connectivity index (χ4v) is 4.05. The molecule has 122 valence electrons. The van der Waals surface area contributed by atoms with Crippen LogP contribution in [-0.4, -0.2) is 12.1 Å². The molecule has 0 bridgehead atoms. The van der Waals surface area contributed by atoms with E-state index in [4.69, 9.17) is 10.5 Å². The van der Waals surface area contributed by atoms with Crippen molar-refractivity contribution in [1.29, 1.82) is 0 Å². The molecule has 0 radical (unpaired) electrons. The van der Waals surface area contributed by atoms with E-state index in [0.717, 1.165) is 19.4 Å². The largest absolute Gasteiger partial charge is 0.373 e. The number of rotatable bonds is 6. The highest BCUT2D eigenvalue weighted by Gasteiger charge is 2.25. The van der Waals surface area contributed by atoms with Crippen molar-refractivity contribution in [1.82, 2.24) is 0 Å². The summed E-state index contributed by atoms with van der Waals surface area (Å²) in [5.74, 6) is 0.673. The molecule has 1 fully saturated rings. The molecule has 2 aliphatic rings. The molecule has 2 unspecified atom stereocenters. The molecular weight excluding hydrogens is 270 g/mol. The summed E-state index contributed by atoms with van der Waals surface area (Å²) >= 11 is 0. The van der Waals surface area contributed by atoms with Crippen LogP contribution in [0.4, 0.5) is 0 Å². The minimum atomic E-state index is 0.407. The SMILES string of the molecule is CCCCCCC1Cc2ccc(C3CC[C@@H](N)C3)cc2CO1. The zero-order chi connectivity index (χ0) is 15.4. The summed E-state index contributed by atoms with van der Waals surface area (Å²) in [5.41, 5.74) is 10.5. The summed E-state index contributed by atoms with van der Waals surface area (Å²) in [4.78, 5) is 0. The van der Waals surface area contributed by atoms with Gasteiger partial charge in [0, 0.05) is 6.04 Å². The molecule has 3 atom stereocenters. The molecule has 2 N–H and O–H groups in total. The summed E-state index contributed by atoms with van der Waals surface area (Å²) < 4.78 is 6.10. The average molecular weight is 301 g/mol. The molecule has 3 rings (SSSR count). The quantitative estimate of drug-likeness (QED) is 0.773. The molecule has 1 aromatic rings. The highest BCUT2D eigenvalue weighted by molar-refractivity contribution is 5.35. The van der Waals surface area contributed by atoms with Crippen LogP contribution in [0.25, 0.3) is 0 Å². The molecule has 1 aromatic carbocycles. The van der Waals surface area contributed by atoms with Gasteiger partial charge in [0.1, 0.15) is 0 Å². The van der Waals surface area contributed by atoms with Crippen molar-refractivity contribution in [2.75, 3.05) is 0 Å². The number of hydrogen-bond donors (Lipinski definition) is 1. The third-order valence-electron chi connectivity index (χ3n) is 5.48. The van der Waals surface area contributed by atoms with Crippen LogP contribution in [-0.2, 0) is 17.8 Å². The Morgan fingerprint density at radius 2 is 2.05 bits per heavy atom. The molecule has 2 heteroatoms. The zero-order valence-electron chi connectivity index (χ0n) is 14.0. The minimum Gasteiger partial charge on any atom is -0.373 e. The first kappa shape index (κ1) is 16.0. The van der Waals surface area contributed by atoms with Gasteiger partial charge >= 0.3 is 0 Å². The normalized spacial score (nSPS) is 27.8. The maximum Gasteiger partial charge on any atom is 0.0723 e. The van der Waals surface area contributed by atoms with E-state index in [1.807, 2.05) is 0 Å². The van der Waals surface area contributed by atoms with E-state index in [9.17, 15) is 0 Å². The van der Waals surface area contributed by atoms with Gasteiger partial charge < -0.3 is 10.5 Å². The van der Waals surface area contributed by atoms with Crippen molar-refractivity contribution >= 4 is 0 Å². The lowest BCUT2D eigenvalue weighted by Gasteiger charge is -2.26. The van der Waals surface area contributed by atoms with Gasteiger partial charge in [-0.3, -0.25) is 0 Å². The maximum absolute atomic E-state index is 6.10. The summed E-state index contributed by atoms with van der Waals surface area (Å²) in [6.07, 6.45) is 11.7. The van der Waals surface area contributed by atoms with E-state index in [2.05, 4.69) is 25.1 Å². The Hall–Kier alpha value is -0.860. The predicted octanol–water partition coefficient (Wildman–Crippen LogP) is 4.69. The van der Waals surface area contributed by atoms with Gasteiger partial charge in [0.2, 0.25) is 0 Å². The van der Waals surface area contributed by atoms with Crippen molar-refractivity contribution in [2.24, 2.45) is 5.73 Å². The van der Waals surface area contributed by atoms with Gasteiger partial charge in [-0.15, -0.1) is 0 Å². The molecular formula is C20H31NO. The Morgan fingerprint density at radius 3 is 2.82 bits per heavy atom. The first-order valence-electron chi connectivity index (χ1n) is 9.25. The number of fused-ring (bicyclic) bond motifs is 1. The van der Waals surface area contributed by atoms with Crippen molar-refractivity contribution in [3.8, 4) is 0 Å². The molecule has 0 amide bonds. The lowest BCUT2D eigenvalue weighted by Crippen LogP contribution is -2.22. The van der Waals surface area contributed by atoms with E-state index < -0.39 is 0 Å². The monoisotopic (exact) mass is 301 g/mol. The third-order valence-corrected chi connectivity index (χ3v) is 5.48. The highest BCUT2D eigenvalue weighted by atomic mass is 16.5. The number of unbranched alkanes of at least 4 members (excludes halogenated alkanes) is 3. The predicted molar refractivity (Wildman–Crippen MR) is 92.0 cm³/mol. The van der Waals surface area contributed by atoms with Crippen molar-refractivity contribution < 1.29 is 4.74 Å². The molecule has 0 saturated heterocycles. The summed E-state index contributed by atoms with van der Waals surface area (Å²) in [7, 11) is 0. The van der Waals surface area contributed by atoms with Crippen LogP contribution in [0.1, 0.15) is 80.9 Å². The second-order valence-corrected chi connectivity index (χ2v) is 7.28. The van der Waals surface area contributed by atoms with Crippen LogP contribution in [0.3, 0.4) is 0 Å². The number of benzene rings is 1. The summed E-state index contributed by atoms with van der Waals surface area (Å²) in [6.45, 7) is 3.07. The average Bonchev–Trinajstić information content (AvgIpc) is 2.97. The fraction of sp³-hybridized carbons (Fsp3) is 0.700. The van der Waals surface area contributed by atoms with Gasteiger partial charge in [-0.05, 0) is 54.7 Å². The van der Waals surface area contributed by atoms with Crippen LogP contribution >= 0.6 is 0 Å². The topological polar surface area (TPSA) is 35.2 Å². The van der Waals surface area contributed by atoms with Crippen molar-refractivity contribution in [3.63, 3.8) is 0 Å². The van der Waals surface area contributed by atoms with Crippen molar-refractivity contribution in [2.45, 2.75) is 89.4 Å². The van der Waals surface area contributed by atoms with E-state index in [1.165, 1.54) is 61.6 Å². The fourth-order valence-electron chi connectivity index (χ4n) is 4.05. The number of nitrogens with two attached hydrogens (primary N) is 1. The van der Waals surface area contributed by atoms with E-state index >= 15 is 0 Å². The molecule has 0 aromatic heterocycles. The number of ether oxygens (including phenoxy) is 1. The molecule has 22 heavy (non-hydrogen) atoms. The van der Waals surface area contributed by atoms with Crippen LogP contribution in [0.2, 0.25) is 0 Å². The van der Waals surface area contributed by atoms with E-state index in [0.29, 0.717) is 18.1 Å². The molecule has 1 aliphatic carbocycles. The van der Waals surface area contributed by atoms with Crippen molar-refractivity contribution in [3.05, 3.63) is 34.9 Å². The van der Waals surface area contributed by atoms with Gasteiger partial charge in [0.15, 0.2) is 0 Å². The summed E-state index contributed by atoms with van der Waals surface area (Å²) in [5, 5.41) is 0. The first-order chi connectivity index (χ1) is 10.8. The zero-order valence-corrected chi connectivity index (χ0v) is 14.0. The lowest BCUT2D eigenvalue weighted by atomic mass is 9.90. The van der Waals surface area contributed by atoms with Gasteiger partial charge in [-0.2, -0.15) is 0 Å². The van der Waals surface area contributed by atoms with Crippen LogP contribution in [0.15, 0.2) is 18.2 Å². The standard InChI is InChI=1S/C20H31NO/c1-2-3-4-5-6-20-13-17-8-7-15(11-18(17)14-22-20)16-9-10-19(21)12-16/h7-8,11,16,19-20H,2-6,9-10,12-14,21H2,1H3/t16?,19-,20?/m1/s1. The Kier molecular flexibility index (Phi) is 5.54. The number of hydrogen-bond acceptors (Lipinski definition) is 2. The van der Waals surface area contributed by atoms with Gasteiger partial charge in [-0.1, -0.05) is 50.8 Å². The highest BCUT2D eigenvalue weighted by Crippen LogP contribution is 2.35. The Labute approximate surface area is 135 Å². The van der Waals surface area contributed by atoms with Crippen LogP contribution < -0.4 is 5.73 Å². The first-order valence-corrected chi connectivity index (χ1v) is 9.25. The Bertz CT molecular complexity index is 485. The maximum atomic E-state index is 6.10. The molecule has 0 spiro atoms. The van der Waals surface area contributed by atoms with E-state index in [1.54, 1.807) is 0 Å². The van der Waals surface area contributed by atoms with Crippen LogP contribution in [0, 0.1) is 0 Å². The molecule has 1 aliphatic heterocycles. The summed E-state index contributed by atoms with van der Waals surface area (Å²) in [6, 6.07) is 7.51. The lowest BCUT2D eigenvalue weighted by molar-refractivity contribution is 0.0216. The van der Waals surface area contributed by atoms with Gasteiger partial charge in [0.25, 0.3) is 0 Å². The smallest absolute Gasteiger partial charge is 0.0723 e. The second kappa shape index (κ2) is 7.61. The Morgan fingerprint density at radius 1 is 1.14 bits per heavy atom. The molecule has 1 heterocycles. The second-order valence-electron chi connectivity index (χ2n) is 7.28. The molecule has 2 nitrogen and oxygen atoms in total. The van der Waals surface area contributed by atoms with Crippen LogP contribution in [0.5, 0.6) is 0 Å². The molecule has 1 saturated carbocycles. The third kappa shape index (κ3) is 3.91. The van der Waals surface area contributed by atoms with Gasteiger partial charge in [0.05, 0.1) is 12.7 Å². The van der Waals surface area contributed by atoms with Gasteiger partial charge in [-0.25, -0.2) is 0 Å². The minimum absolute atomic E-state index is 0.407. The Balaban J connectivity index is 1.57.